The molecular formula is C24H29N5O2S2. The Morgan fingerprint density at radius 3 is 2.67 bits per heavy atom. The smallest absolute Gasteiger partial charge is 0.273 e. The number of anilines is 1. The SMILES string of the molecule is CCn1c(SCC(=O)N2CCc3ccccc3C2)nc2nc(N3CCC(C)CC3)sc2c1=O. The third-order valence-corrected chi connectivity index (χ3v) is 8.70. The highest BCUT2D eigenvalue weighted by Crippen LogP contribution is 2.30. The average molecular weight is 484 g/mol. The molecule has 0 bridgehead atoms. The van der Waals surface area contributed by atoms with Gasteiger partial charge < -0.3 is 9.80 Å². The van der Waals surface area contributed by atoms with E-state index in [9.17, 15) is 9.59 Å². The minimum absolute atomic E-state index is 0.0570. The van der Waals surface area contributed by atoms with Gasteiger partial charge in [-0.2, -0.15) is 4.98 Å². The second kappa shape index (κ2) is 9.46. The Bertz CT molecular complexity index is 1230. The van der Waals surface area contributed by atoms with Gasteiger partial charge in [0.1, 0.15) is 4.70 Å². The van der Waals surface area contributed by atoms with Gasteiger partial charge in [-0.25, -0.2) is 4.98 Å². The summed E-state index contributed by atoms with van der Waals surface area (Å²) >= 11 is 2.79. The molecule has 0 radical (unpaired) electrons. The van der Waals surface area contributed by atoms with Crippen molar-refractivity contribution in [1.29, 1.82) is 0 Å². The number of hydrogen-bond acceptors (Lipinski definition) is 7. The molecule has 1 aromatic carbocycles. The summed E-state index contributed by atoms with van der Waals surface area (Å²) in [4.78, 5) is 39.7. The van der Waals surface area contributed by atoms with Crippen LogP contribution in [0.5, 0.6) is 0 Å². The van der Waals surface area contributed by atoms with Crippen LogP contribution in [0.4, 0.5) is 5.13 Å². The van der Waals surface area contributed by atoms with Crippen molar-refractivity contribution in [2.45, 2.75) is 51.4 Å². The summed E-state index contributed by atoms with van der Waals surface area (Å²) in [5.74, 6) is 1.08. The lowest BCUT2D eigenvalue weighted by Crippen LogP contribution is -2.37. The fourth-order valence-corrected chi connectivity index (χ4v) is 6.49. The summed E-state index contributed by atoms with van der Waals surface area (Å²) in [6, 6.07) is 8.30. The van der Waals surface area contributed by atoms with Crippen molar-refractivity contribution in [1.82, 2.24) is 19.4 Å². The van der Waals surface area contributed by atoms with Crippen molar-refractivity contribution in [3.05, 3.63) is 45.7 Å². The van der Waals surface area contributed by atoms with Crippen molar-refractivity contribution >= 4 is 44.5 Å². The van der Waals surface area contributed by atoms with Gasteiger partial charge in [-0.05, 0) is 43.2 Å². The minimum atomic E-state index is -0.0570. The second-order valence-corrected chi connectivity index (χ2v) is 10.8. The van der Waals surface area contributed by atoms with Gasteiger partial charge in [0.2, 0.25) is 5.91 Å². The summed E-state index contributed by atoms with van der Waals surface area (Å²) < 4.78 is 2.28. The number of carbonyl (C=O) groups excluding carboxylic acids is 1. The van der Waals surface area contributed by atoms with Crippen molar-refractivity contribution < 1.29 is 4.79 Å². The van der Waals surface area contributed by atoms with Crippen LogP contribution < -0.4 is 10.5 Å². The van der Waals surface area contributed by atoms with Crippen LogP contribution in [-0.4, -0.2) is 50.7 Å². The molecule has 2 aliphatic heterocycles. The lowest BCUT2D eigenvalue weighted by molar-refractivity contribution is -0.129. The van der Waals surface area contributed by atoms with E-state index in [-0.39, 0.29) is 17.2 Å². The third-order valence-electron chi connectivity index (χ3n) is 6.65. The number of thiazole rings is 1. The van der Waals surface area contributed by atoms with Gasteiger partial charge in [-0.1, -0.05) is 54.3 Å². The van der Waals surface area contributed by atoms with E-state index in [0.717, 1.165) is 49.9 Å². The molecule has 1 fully saturated rings. The molecule has 5 rings (SSSR count). The van der Waals surface area contributed by atoms with E-state index in [1.165, 1.54) is 34.2 Å². The summed E-state index contributed by atoms with van der Waals surface area (Å²) in [5.41, 5.74) is 2.99. The number of benzene rings is 1. The fourth-order valence-electron chi connectivity index (χ4n) is 4.53. The second-order valence-electron chi connectivity index (χ2n) is 8.89. The van der Waals surface area contributed by atoms with E-state index in [1.54, 1.807) is 4.57 Å². The van der Waals surface area contributed by atoms with Gasteiger partial charge in [0.15, 0.2) is 15.9 Å². The number of aromatic nitrogens is 3. The Labute approximate surface area is 201 Å². The molecule has 0 N–H and O–H groups in total. The third kappa shape index (κ3) is 4.53. The predicted octanol–water partition coefficient (Wildman–Crippen LogP) is 3.79. The maximum atomic E-state index is 13.2. The first kappa shape index (κ1) is 22.4. The average Bonchev–Trinajstić information content (AvgIpc) is 3.27. The summed E-state index contributed by atoms with van der Waals surface area (Å²) in [6.45, 7) is 8.06. The standard InChI is InChI=1S/C24H29N5O2S2/c1-3-29-22(31)20-21(25-23(33-20)27-11-8-16(2)9-12-27)26-24(29)32-15-19(30)28-13-10-17-6-4-5-7-18(17)14-28/h4-7,16H,3,8-15H2,1-2H3. The van der Waals surface area contributed by atoms with Crippen LogP contribution >= 0.6 is 23.1 Å². The van der Waals surface area contributed by atoms with Gasteiger partial charge in [-0.3, -0.25) is 14.2 Å². The summed E-state index contributed by atoms with van der Waals surface area (Å²) in [5, 5.41) is 1.46. The van der Waals surface area contributed by atoms with E-state index in [2.05, 4.69) is 24.0 Å². The molecule has 4 heterocycles. The number of carbonyl (C=O) groups is 1. The Hall–Kier alpha value is -2.39. The van der Waals surface area contributed by atoms with Gasteiger partial charge in [-0.15, -0.1) is 0 Å². The van der Waals surface area contributed by atoms with E-state index >= 15 is 0 Å². The monoisotopic (exact) mass is 483 g/mol. The number of thioether (sulfide) groups is 1. The first-order valence-electron chi connectivity index (χ1n) is 11.7. The molecule has 3 aromatic rings. The number of nitrogens with zero attached hydrogens (tertiary/aromatic N) is 5. The maximum Gasteiger partial charge on any atom is 0.273 e. The van der Waals surface area contributed by atoms with Crippen molar-refractivity contribution in [2.75, 3.05) is 30.3 Å². The number of fused-ring (bicyclic) bond motifs is 2. The zero-order valence-corrected chi connectivity index (χ0v) is 20.8. The Morgan fingerprint density at radius 1 is 1.15 bits per heavy atom. The number of rotatable bonds is 5. The normalized spacial score (nSPS) is 16.9. The van der Waals surface area contributed by atoms with Crippen LogP contribution in [0.2, 0.25) is 0 Å². The Kier molecular flexibility index (Phi) is 6.42. The highest BCUT2D eigenvalue weighted by molar-refractivity contribution is 7.99. The van der Waals surface area contributed by atoms with Crippen LogP contribution in [0.1, 0.15) is 37.8 Å². The Balaban J connectivity index is 1.33. The van der Waals surface area contributed by atoms with Crippen LogP contribution in [0, 0.1) is 5.92 Å². The molecular weight excluding hydrogens is 454 g/mol. The van der Waals surface area contributed by atoms with Gasteiger partial charge >= 0.3 is 0 Å². The molecule has 0 spiro atoms. The molecule has 0 saturated carbocycles. The molecule has 0 unspecified atom stereocenters. The lowest BCUT2D eigenvalue weighted by Gasteiger charge is -2.29. The number of amides is 1. The van der Waals surface area contributed by atoms with E-state index in [0.29, 0.717) is 28.6 Å². The van der Waals surface area contributed by atoms with Crippen LogP contribution in [0.15, 0.2) is 34.2 Å². The zero-order chi connectivity index (χ0) is 22.9. The minimum Gasteiger partial charge on any atom is -0.348 e. The molecule has 33 heavy (non-hydrogen) atoms. The molecule has 7 nitrogen and oxygen atoms in total. The molecule has 174 valence electrons. The van der Waals surface area contributed by atoms with E-state index in [4.69, 9.17) is 9.97 Å². The fraction of sp³-hybridized carbons (Fsp3) is 0.500. The molecule has 0 aliphatic carbocycles. The zero-order valence-electron chi connectivity index (χ0n) is 19.1. The Morgan fingerprint density at radius 2 is 1.91 bits per heavy atom. The van der Waals surface area contributed by atoms with Gasteiger partial charge in [0.25, 0.3) is 5.56 Å². The highest BCUT2D eigenvalue weighted by Gasteiger charge is 2.24. The largest absolute Gasteiger partial charge is 0.348 e. The predicted molar refractivity (Wildman–Crippen MR) is 134 cm³/mol. The molecule has 2 aliphatic rings. The maximum absolute atomic E-state index is 13.2. The van der Waals surface area contributed by atoms with Crippen LogP contribution in [-0.2, 0) is 24.3 Å². The van der Waals surface area contributed by atoms with Crippen molar-refractivity contribution in [3.8, 4) is 0 Å². The topological polar surface area (TPSA) is 71.3 Å². The van der Waals surface area contributed by atoms with Crippen molar-refractivity contribution in [3.63, 3.8) is 0 Å². The molecule has 2 aromatic heterocycles. The first-order chi connectivity index (χ1) is 16.0. The molecule has 9 heteroatoms. The van der Waals surface area contributed by atoms with Gasteiger partial charge in [0, 0.05) is 32.7 Å². The number of hydrogen-bond donors (Lipinski definition) is 0. The van der Waals surface area contributed by atoms with Gasteiger partial charge in [0.05, 0.1) is 5.75 Å². The van der Waals surface area contributed by atoms with E-state index in [1.807, 2.05) is 24.0 Å². The summed E-state index contributed by atoms with van der Waals surface area (Å²) in [7, 11) is 0. The molecule has 1 amide bonds. The first-order valence-corrected chi connectivity index (χ1v) is 13.5. The van der Waals surface area contributed by atoms with Crippen LogP contribution in [0.25, 0.3) is 10.3 Å². The number of piperidine rings is 1. The molecule has 1 saturated heterocycles. The van der Waals surface area contributed by atoms with E-state index < -0.39 is 0 Å². The quantitative estimate of drug-likeness (QED) is 0.406. The van der Waals surface area contributed by atoms with Crippen molar-refractivity contribution in [2.24, 2.45) is 5.92 Å². The lowest BCUT2D eigenvalue weighted by atomic mass is 10.00. The summed E-state index contributed by atoms with van der Waals surface area (Å²) in [6.07, 6.45) is 3.17. The molecule has 0 atom stereocenters. The highest BCUT2D eigenvalue weighted by atomic mass is 32.2. The van der Waals surface area contributed by atoms with Crippen LogP contribution in [0.3, 0.4) is 0 Å².